The van der Waals surface area contributed by atoms with Gasteiger partial charge in [-0.15, -0.1) is 0 Å². The van der Waals surface area contributed by atoms with Crippen LogP contribution in [0.15, 0.2) is 22.8 Å². The molecule has 13 heavy (non-hydrogen) atoms. The van der Waals surface area contributed by atoms with E-state index in [1.54, 1.807) is 27.9 Å². The predicted octanol–water partition coefficient (Wildman–Crippen LogP) is 3.14. The monoisotopic (exact) mass is 216 g/mol. The lowest BCUT2D eigenvalue weighted by Crippen LogP contribution is -1.96. The van der Waals surface area contributed by atoms with Gasteiger partial charge in [0.25, 0.3) is 0 Å². The lowest BCUT2D eigenvalue weighted by atomic mass is 10.4. The van der Waals surface area contributed by atoms with E-state index < -0.39 is 0 Å². The van der Waals surface area contributed by atoms with Gasteiger partial charge < -0.3 is 4.42 Å². The summed E-state index contributed by atoms with van der Waals surface area (Å²) in [6.07, 6.45) is 2.30. The van der Waals surface area contributed by atoms with Gasteiger partial charge in [0.05, 0.1) is 17.8 Å². The zero-order chi connectivity index (χ0) is 9.52. The quantitative estimate of drug-likeness (QED) is 0.540. The van der Waals surface area contributed by atoms with E-state index in [1.165, 1.54) is 0 Å². The van der Waals surface area contributed by atoms with Crippen LogP contribution < -0.4 is 0 Å². The third kappa shape index (κ3) is 4.43. The molecule has 0 spiro atoms. The first-order valence-corrected chi connectivity index (χ1v) is 6.60. The van der Waals surface area contributed by atoms with E-state index in [1.807, 2.05) is 19.1 Å². The van der Waals surface area contributed by atoms with Crippen LogP contribution in [0.1, 0.15) is 19.1 Å². The van der Waals surface area contributed by atoms with Gasteiger partial charge in [-0.3, -0.25) is 4.79 Å². The molecule has 0 atom stereocenters. The molecule has 1 heterocycles. The minimum absolute atomic E-state index is 0.303. The molecule has 72 valence electrons. The van der Waals surface area contributed by atoms with Gasteiger partial charge in [-0.1, -0.05) is 28.5 Å². The van der Waals surface area contributed by atoms with Crippen LogP contribution in [0.5, 0.6) is 0 Å². The Hall–Kier alpha value is -0.350. The maximum atomic E-state index is 10.9. The summed E-state index contributed by atoms with van der Waals surface area (Å²) in [4.78, 5) is 10.9. The third-order valence-electron chi connectivity index (χ3n) is 1.48. The van der Waals surface area contributed by atoms with E-state index >= 15 is 0 Å². The lowest BCUT2D eigenvalue weighted by molar-refractivity contribution is -0.116. The summed E-state index contributed by atoms with van der Waals surface area (Å²) < 4.78 is 5.15. The molecule has 0 N–H and O–H groups in total. The van der Waals surface area contributed by atoms with Crippen LogP contribution in [0, 0.1) is 0 Å². The molecule has 1 aromatic heterocycles. The summed E-state index contributed by atoms with van der Waals surface area (Å²) in [5.74, 6) is 2.69. The molecule has 0 aliphatic heterocycles. The average molecular weight is 216 g/mol. The number of Topliss-reactive ketones (excluding diaryl/α,β-unsaturated/α-hetero) is 1. The number of furan rings is 1. The Balaban J connectivity index is 2.05. The number of rotatable bonds is 6. The maximum absolute atomic E-state index is 10.9. The minimum atomic E-state index is 0.303. The molecule has 0 unspecified atom stereocenters. The molecule has 0 saturated carbocycles. The fraction of sp³-hybridized carbons (Fsp3) is 0.444. The molecule has 0 amide bonds. The number of carbonyl (C=O) groups excluding carboxylic acids is 1. The number of hydrogen-bond donors (Lipinski definition) is 0. The minimum Gasteiger partial charge on any atom is -0.468 e. The molecule has 0 aliphatic rings. The molecule has 0 aromatic carbocycles. The highest BCUT2D eigenvalue weighted by Crippen LogP contribution is 2.25. The van der Waals surface area contributed by atoms with Crippen molar-refractivity contribution in [2.75, 3.05) is 5.75 Å². The van der Waals surface area contributed by atoms with E-state index in [4.69, 9.17) is 4.42 Å². The lowest BCUT2D eigenvalue weighted by Gasteiger charge is -1.96. The van der Waals surface area contributed by atoms with Crippen LogP contribution in [0.25, 0.3) is 0 Å². The Labute approximate surface area is 85.9 Å². The van der Waals surface area contributed by atoms with Gasteiger partial charge in [-0.05, 0) is 12.1 Å². The van der Waals surface area contributed by atoms with Gasteiger partial charge in [0.15, 0.2) is 0 Å². The van der Waals surface area contributed by atoms with Crippen molar-refractivity contribution in [2.24, 2.45) is 0 Å². The van der Waals surface area contributed by atoms with Crippen LogP contribution in [0.3, 0.4) is 0 Å². The Morgan fingerprint density at radius 3 is 3.00 bits per heavy atom. The van der Waals surface area contributed by atoms with Crippen LogP contribution in [-0.4, -0.2) is 11.5 Å². The van der Waals surface area contributed by atoms with Crippen molar-refractivity contribution >= 4 is 27.4 Å². The number of ketones is 1. The van der Waals surface area contributed by atoms with E-state index in [0.717, 1.165) is 11.5 Å². The first kappa shape index (κ1) is 10.7. The summed E-state index contributed by atoms with van der Waals surface area (Å²) in [6, 6.07) is 3.81. The fourth-order valence-corrected chi connectivity index (χ4v) is 2.73. The van der Waals surface area contributed by atoms with Crippen molar-refractivity contribution in [1.29, 1.82) is 0 Å². The van der Waals surface area contributed by atoms with Crippen LogP contribution in [-0.2, 0) is 10.5 Å². The molecule has 4 heteroatoms. The van der Waals surface area contributed by atoms with Crippen LogP contribution in [0.2, 0.25) is 0 Å². The van der Waals surface area contributed by atoms with Gasteiger partial charge in [0, 0.05) is 6.42 Å². The van der Waals surface area contributed by atoms with E-state index in [0.29, 0.717) is 18.0 Å². The fourth-order valence-electron chi connectivity index (χ4n) is 0.704. The molecular weight excluding hydrogens is 204 g/mol. The predicted molar refractivity (Wildman–Crippen MR) is 57.8 cm³/mol. The van der Waals surface area contributed by atoms with Crippen molar-refractivity contribution < 1.29 is 9.21 Å². The van der Waals surface area contributed by atoms with Crippen molar-refractivity contribution in [3.05, 3.63) is 24.2 Å². The molecule has 0 fully saturated rings. The van der Waals surface area contributed by atoms with Crippen molar-refractivity contribution in [1.82, 2.24) is 0 Å². The largest absolute Gasteiger partial charge is 0.468 e. The normalized spacial score (nSPS) is 10.2. The molecular formula is C9H12O2S2. The molecule has 1 rings (SSSR count). The number of hydrogen-bond acceptors (Lipinski definition) is 4. The summed E-state index contributed by atoms with van der Waals surface area (Å²) in [5, 5.41) is 0. The molecule has 1 aromatic rings. The second kappa shape index (κ2) is 6.16. The molecule has 0 bridgehead atoms. The highest BCUT2D eigenvalue weighted by Gasteiger charge is 2.00. The van der Waals surface area contributed by atoms with Crippen molar-refractivity contribution in [2.45, 2.75) is 19.1 Å². The second-order valence-corrected chi connectivity index (χ2v) is 4.96. The zero-order valence-electron chi connectivity index (χ0n) is 7.49. The van der Waals surface area contributed by atoms with Gasteiger partial charge in [0.2, 0.25) is 0 Å². The first-order valence-electron chi connectivity index (χ1n) is 4.11. The number of carbonyl (C=O) groups is 1. The topological polar surface area (TPSA) is 30.2 Å². The van der Waals surface area contributed by atoms with Gasteiger partial charge in [-0.2, -0.15) is 0 Å². The molecule has 0 radical (unpaired) electrons. The third-order valence-corrected chi connectivity index (χ3v) is 3.69. The standard InChI is InChI=1S/C9H12O2S2/c1-2-8(10)6-12-13-7-9-4-3-5-11-9/h3-5H,2,6-7H2,1H3. The van der Waals surface area contributed by atoms with Crippen LogP contribution >= 0.6 is 21.6 Å². The van der Waals surface area contributed by atoms with E-state index in [9.17, 15) is 4.79 Å². The average Bonchev–Trinajstić information content (AvgIpc) is 2.64. The molecule has 0 aliphatic carbocycles. The van der Waals surface area contributed by atoms with Crippen molar-refractivity contribution in [3.8, 4) is 0 Å². The Morgan fingerprint density at radius 2 is 2.38 bits per heavy atom. The van der Waals surface area contributed by atoms with Gasteiger partial charge in [-0.25, -0.2) is 0 Å². The molecule has 0 saturated heterocycles. The summed E-state index contributed by atoms with van der Waals surface area (Å²) in [5.41, 5.74) is 0. The van der Waals surface area contributed by atoms with Crippen LogP contribution in [0.4, 0.5) is 0 Å². The van der Waals surface area contributed by atoms with E-state index in [-0.39, 0.29) is 0 Å². The highest BCUT2D eigenvalue weighted by atomic mass is 33.1. The maximum Gasteiger partial charge on any atom is 0.143 e. The molecule has 2 nitrogen and oxygen atoms in total. The van der Waals surface area contributed by atoms with Gasteiger partial charge in [0.1, 0.15) is 11.5 Å². The smallest absolute Gasteiger partial charge is 0.143 e. The second-order valence-electron chi connectivity index (χ2n) is 2.50. The van der Waals surface area contributed by atoms with Gasteiger partial charge >= 0.3 is 0 Å². The highest BCUT2D eigenvalue weighted by molar-refractivity contribution is 8.76. The Bertz CT molecular complexity index is 244. The van der Waals surface area contributed by atoms with E-state index in [2.05, 4.69) is 0 Å². The van der Waals surface area contributed by atoms with Crippen molar-refractivity contribution in [3.63, 3.8) is 0 Å². The Morgan fingerprint density at radius 1 is 1.54 bits per heavy atom. The first-order chi connectivity index (χ1) is 6.33. The Kier molecular flexibility index (Phi) is 5.08. The summed E-state index contributed by atoms with van der Waals surface area (Å²) in [7, 11) is 3.25. The zero-order valence-corrected chi connectivity index (χ0v) is 9.12. The summed E-state index contributed by atoms with van der Waals surface area (Å²) in [6.45, 7) is 1.89. The summed E-state index contributed by atoms with van der Waals surface area (Å²) >= 11 is 0. The SMILES string of the molecule is CCC(=O)CSSCc1ccco1.